The number of hydrogen-bond acceptors (Lipinski definition) is 9. The van der Waals surface area contributed by atoms with E-state index in [4.69, 9.17) is 23.3 Å². The van der Waals surface area contributed by atoms with Gasteiger partial charge in [0.05, 0.1) is 31.1 Å². The van der Waals surface area contributed by atoms with E-state index < -0.39 is 5.97 Å². The summed E-state index contributed by atoms with van der Waals surface area (Å²) in [5.41, 5.74) is 5.11. The first kappa shape index (κ1) is 27.6. The van der Waals surface area contributed by atoms with Crippen LogP contribution in [-0.2, 0) is 22.6 Å². The number of aryl methyl sites for hydroxylation is 1. The van der Waals surface area contributed by atoms with Gasteiger partial charge in [-0.1, -0.05) is 54.5 Å². The highest BCUT2D eigenvalue weighted by molar-refractivity contribution is 5.99. The van der Waals surface area contributed by atoms with E-state index in [-0.39, 0.29) is 18.2 Å². The number of esters is 1. The van der Waals surface area contributed by atoms with E-state index in [1.165, 1.54) is 0 Å². The largest absolute Gasteiger partial charge is 0.488 e. The molecule has 1 aliphatic heterocycles. The molecule has 0 radical (unpaired) electrons. The summed E-state index contributed by atoms with van der Waals surface area (Å²) in [4.78, 5) is 15.2. The fourth-order valence-electron chi connectivity index (χ4n) is 4.89. The summed E-state index contributed by atoms with van der Waals surface area (Å²) in [6.07, 6.45) is 0. The molecule has 0 aliphatic carbocycles. The lowest BCUT2D eigenvalue weighted by molar-refractivity contribution is 0.0332. The second-order valence-electron chi connectivity index (χ2n) is 10.2. The Kier molecular flexibility index (Phi) is 8.62. The lowest BCUT2D eigenvalue weighted by Crippen LogP contribution is -2.35. The average Bonchev–Trinajstić information content (AvgIpc) is 3.60. The Morgan fingerprint density at radius 2 is 1.82 bits per heavy atom. The maximum Gasteiger partial charge on any atom is 0.361 e. The van der Waals surface area contributed by atoms with Gasteiger partial charge in [-0.2, -0.15) is 0 Å². The molecule has 3 heterocycles. The van der Waals surface area contributed by atoms with Gasteiger partial charge in [-0.15, -0.1) is 0 Å². The molecule has 9 heteroatoms. The Morgan fingerprint density at radius 1 is 1.05 bits per heavy atom. The Morgan fingerprint density at radius 3 is 2.55 bits per heavy atom. The zero-order valence-corrected chi connectivity index (χ0v) is 23.4. The van der Waals surface area contributed by atoms with Crippen LogP contribution >= 0.6 is 0 Å². The van der Waals surface area contributed by atoms with Crippen molar-refractivity contribution in [2.75, 3.05) is 32.9 Å². The molecule has 0 amide bonds. The quantitative estimate of drug-likeness (QED) is 0.222. The average molecular weight is 546 g/mol. The van der Waals surface area contributed by atoms with Crippen LogP contribution in [0, 0.1) is 6.92 Å². The van der Waals surface area contributed by atoms with E-state index in [0.29, 0.717) is 54.8 Å². The molecule has 0 atom stereocenters. The molecule has 210 valence electrons. The Bertz CT molecular complexity index is 1440. The van der Waals surface area contributed by atoms with Crippen LogP contribution in [-0.4, -0.2) is 54.1 Å². The fraction of sp³-hybridized carbons (Fsp3) is 0.387. The minimum Gasteiger partial charge on any atom is -0.488 e. The van der Waals surface area contributed by atoms with Crippen molar-refractivity contribution in [3.05, 3.63) is 76.6 Å². The van der Waals surface area contributed by atoms with Gasteiger partial charge in [0.15, 0.2) is 11.5 Å². The summed E-state index contributed by atoms with van der Waals surface area (Å²) in [5, 5.41) is 8.44. The predicted molar refractivity (Wildman–Crippen MR) is 149 cm³/mol. The number of morpholine rings is 1. The first-order chi connectivity index (χ1) is 19.4. The van der Waals surface area contributed by atoms with Gasteiger partial charge in [-0.25, -0.2) is 4.79 Å². The van der Waals surface area contributed by atoms with Gasteiger partial charge in [-0.05, 0) is 48.6 Å². The SMILES string of the molecule is CCOC(=O)c1noc(-c2cc(C(C)C)c(C)cc2OCc2ccccc2)c1-c1cc(CN2CCOCC2)no1. The number of carbonyl (C=O) groups is 1. The molecule has 5 rings (SSSR count). The first-order valence-electron chi connectivity index (χ1n) is 13.7. The van der Waals surface area contributed by atoms with Crippen LogP contribution < -0.4 is 4.74 Å². The summed E-state index contributed by atoms with van der Waals surface area (Å²) in [6.45, 7) is 12.3. The maximum absolute atomic E-state index is 13.0. The number of rotatable bonds is 10. The molecule has 0 spiro atoms. The first-order valence-corrected chi connectivity index (χ1v) is 13.7. The van der Waals surface area contributed by atoms with Crippen molar-refractivity contribution >= 4 is 5.97 Å². The zero-order valence-electron chi connectivity index (χ0n) is 23.4. The molecule has 1 aliphatic rings. The molecule has 1 saturated heterocycles. The van der Waals surface area contributed by atoms with Gasteiger partial charge < -0.3 is 23.3 Å². The Hall–Kier alpha value is -3.95. The van der Waals surface area contributed by atoms with Crippen LogP contribution in [0.3, 0.4) is 0 Å². The third-order valence-corrected chi connectivity index (χ3v) is 6.93. The monoisotopic (exact) mass is 545 g/mol. The summed E-state index contributed by atoms with van der Waals surface area (Å²) >= 11 is 0. The van der Waals surface area contributed by atoms with Crippen molar-refractivity contribution in [2.24, 2.45) is 0 Å². The van der Waals surface area contributed by atoms with Crippen molar-refractivity contribution < 1.29 is 28.1 Å². The van der Waals surface area contributed by atoms with Crippen LogP contribution in [0.4, 0.5) is 0 Å². The normalized spacial score (nSPS) is 14.0. The summed E-state index contributed by atoms with van der Waals surface area (Å²) in [5.74, 6) is 1.02. The molecule has 0 saturated carbocycles. The number of carbonyl (C=O) groups excluding carboxylic acids is 1. The van der Waals surface area contributed by atoms with E-state index >= 15 is 0 Å². The van der Waals surface area contributed by atoms with Crippen LogP contribution in [0.15, 0.2) is 57.6 Å². The molecule has 1 fully saturated rings. The molecular formula is C31H35N3O6. The van der Waals surface area contributed by atoms with Gasteiger partial charge >= 0.3 is 5.97 Å². The van der Waals surface area contributed by atoms with Crippen molar-refractivity contribution in [1.82, 2.24) is 15.2 Å². The number of ether oxygens (including phenoxy) is 3. The van der Waals surface area contributed by atoms with Crippen LogP contribution in [0.2, 0.25) is 0 Å². The van der Waals surface area contributed by atoms with Crippen molar-refractivity contribution in [3.63, 3.8) is 0 Å². The summed E-state index contributed by atoms with van der Waals surface area (Å²) in [6, 6.07) is 15.8. The Labute approximate surface area is 234 Å². The molecule has 4 aromatic rings. The topological polar surface area (TPSA) is 100 Å². The molecule has 2 aromatic carbocycles. The minimum atomic E-state index is -0.596. The van der Waals surface area contributed by atoms with Gasteiger partial charge in [0.2, 0.25) is 5.69 Å². The van der Waals surface area contributed by atoms with Crippen molar-refractivity contribution in [3.8, 4) is 28.4 Å². The van der Waals surface area contributed by atoms with Gasteiger partial charge in [0.1, 0.15) is 17.9 Å². The number of nitrogens with zero attached hydrogens (tertiary/aromatic N) is 3. The van der Waals surface area contributed by atoms with Crippen molar-refractivity contribution in [1.29, 1.82) is 0 Å². The van der Waals surface area contributed by atoms with Crippen LogP contribution in [0.25, 0.3) is 22.6 Å². The summed E-state index contributed by atoms with van der Waals surface area (Å²) in [7, 11) is 0. The molecule has 0 N–H and O–H groups in total. The molecule has 0 unspecified atom stereocenters. The van der Waals surface area contributed by atoms with E-state index in [2.05, 4.69) is 36.0 Å². The number of benzene rings is 2. The number of hydrogen-bond donors (Lipinski definition) is 0. The smallest absolute Gasteiger partial charge is 0.361 e. The second-order valence-corrected chi connectivity index (χ2v) is 10.2. The van der Waals surface area contributed by atoms with Gasteiger partial charge in [0.25, 0.3) is 0 Å². The second kappa shape index (κ2) is 12.5. The van der Waals surface area contributed by atoms with Crippen molar-refractivity contribution in [2.45, 2.75) is 46.8 Å². The van der Waals surface area contributed by atoms with Gasteiger partial charge in [0, 0.05) is 25.7 Å². The third kappa shape index (κ3) is 6.11. The van der Waals surface area contributed by atoms with Crippen LogP contribution in [0.5, 0.6) is 5.75 Å². The highest BCUT2D eigenvalue weighted by Gasteiger charge is 2.31. The fourth-order valence-corrected chi connectivity index (χ4v) is 4.89. The molecule has 2 aromatic heterocycles. The zero-order chi connectivity index (χ0) is 28.1. The highest BCUT2D eigenvalue weighted by atomic mass is 16.5. The van der Waals surface area contributed by atoms with E-state index in [0.717, 1.165) is 35.5 Å². The lowest BCUT2D eigenvalue weighted by atomic mass is 9.93. The highest BCUT2D eigenvalue weighted by Crippen LogP contribution is 2.42. The number of aromatic nitrogens is 2. The van der Waals surface area contributed by atoms with E-state index in [1.54, 1.807) is 6.92 Å². The lowest BCUT2D eigenvalue weighted by Gasteiger charge is -2.25. The Balaban J connectivity index is 1.58. The van der Waals surface area contributed by atoms with Gasteiger partial charge in [-0.3, -0.25) is 4.90 Å². The molecule has 0 bridgehead atoms. The van der Waals surface area contributed by atoms with Crippen LogP contribution in [0.1, 0.15) is 59.6 Å². The minimum absolute atomic E-state index is 0.0339. The predicted octanol–water partition coefficient (Wildman–Crippen LogP) is 6.02. The standard InChI is InChI=1S/C31H35N3O6/c1-5-37-31(35)29-28(27-16-23(32-39-27)18-34-11-13-36-14-12-34)30(40-33-29)25-17-24(20(2)3)21(4)15-26(25)38-19-22-9-7-6-8-10-22/h6-10,15-17,20H,5,11-14,18-19H2,1-4H3. The molecule has 9 nitrogen and oxygen atoms in total. The molecule has 40 heavy (non-hydrogen) atoms. The molecular weight excluding hydrogens is 510 g/mol. The van der Waals surface area contributed by atoms with E-state index in [9.17, 15) is 4.79 Å². The summed E-state index contributed by atoms with van der Waals surface area (Å²) < 4.78 is 28.8. The third-order valence-electron chi connectivity index (χ3n) is 6.93. The maximum atomic E-state index is 13.0. The van der Waals surface area contributed by atoms with E-state index in [1.807, 2.05) is 48.5 Å².